The number of hydrogen-bond donors (Lipinski definition) is 2. The number of rotatable bonds is 3. The van der Waals surface area contributed by atoms with Crippen molar-refractivity contribution in [2.75, 3.05) is 13.1 Å². The van der Waals surface area contributed by atoms with Gasteiger partial charge in [-0.05, 0) is 26.7 Å². The van der Waals surface area contributed by atoms with E-state index in [0.29, 0.717) is 11.3 Å². The van der Waals surface area contributed by atoms with E-state index in [1.807, 2.05) is 0 Å². The molecule has 0 aromatic rings. The molecular weight excluding hydrogens is 265 g/mol. The maximum Gasteiger partial charge on any atom is 0.471 e. The van der Waals surface area contributed by atoms with Crippen molar-refractivity contribution in [2.24, 2.45) is 0 Å². The number of halogens is 3. The lowest BCUT2D eigenvalue weighted by atomic mass is 10.1. The largest absolute Gasteiger partial charge is 0.471 e. The molecule has 8 heteroatoms. The molecule has 1 aliphatic heterocycles. The van der Waals surface area contributed by atoms with Crippen LogP contribution in [0.3, 0.4) is 0 Å². The molecule has 5 nitrogen and oxygen atoms in total. The first-order chi connectivity index (χ1) is 8.52. The van der Waals surface area contributed by atoms with Crippen molar-refractivity contribution in [3.8, 4) is 0 Å². The normalized spacial score (nSPS) is 20.5. The molecule has 1 fully saturated rings. The summed E-state index contributed by atoms with van der Waals surface area (Å²) < 4.78 is 37.0. The fourth-order valence-electron chi connectivity index (χ4n) is 1.87. The molecule has 0 aromatic heterocycles. The molecule has 19 heavy (non-hydrogen) atoms. The zero-order chi connectivity index (χ0) is 14.8. The maximum absolute atomic E-state index is 12.3. The Bertz CT molecular complexity index is 363. The van der Waals surface area contributed by atoms with E-state index in [4.69, 9.17) is 0 Å². The second-order valence-corrected chi connectivity index (χ2v) is 5.18. The highest BCUT2D eigenvalue weighted by Crippen LogP contribution is 2.25. The summed E-state index contributed by atoms with van der Waals surface area (Å²) in [6.07, 6.45) is -4.43. The van der Waals surface area contributed by atoms with Gasteiger partial charge < -0.3 is 15.3 Å². The highest BCUT2D eigenvalue weighted by molar-refractivity contribution is 5.90. The smallest absolute Gasteiger partial charge is 0.389 e. The Labute approximate surface area is 108 Å². The van der Waals surface area contributed by atoms with E-state index in [1.54, 1.807) is 0 Å². The number of likely N-dealkylation sites (tertiary alicyclic amines) is 1. The van der Waals surface area contributed by atoms with Gasteiger partial charge in [0.15, 0.2) is 0 Å². The van der Waals surface area contributed by atoms with Crippen molar-refractivity contribution in [2.45, 2.75) is 44.5 Å². The van der Waals surface area contributed by atoms with Crippen molar-refractivity contribution in [3.63, 3.8) is 0 Å². The molecule has 1 aliphatic rings. The average Bonchev–Trinajstić information content (AvgIpc) is 2.71. The van der Waals surface area contributed by atoms with Crippen LogP contribution in [0.2, 0.25) is 0 Å². The van der Waals surface area contributed by atoms with Crippen LogP contribution < -0.4 is 5.32 Å². The zero-order valence-electron chi connectivity index (χ0n) is 10.8. The molecule has 0 spiro atoms. The summed E-state index contributed by atoms with van der Waals surface area (Å²) in [5.41, 5.74) is -1.16. The minimum atomic E-state index is -4.97. The first-order valence-corrected chi connectivity index (χ1v) is 5.90. The summed E-state index contributed by atoms with van der Waals surface area (Å²) in [4.78, 5) is 23.4. The standard InChI is InChI=1S/C11H17F3N2O3/c1-10(2,19)6-15-8(17)7-4-3-5-16(7)9(18)11(12,13)14/h7,19H,3-6H2,1-2H3,(H,15,17). The molecule has 0 aliphatic carbocycles. The van der Waals surface area contributed by atoms with Crippen molar-refractivity contribution < 1.29 is 27.9 Å². The Kier molecular flexibility index (Phi) is 4.44. The third kappa shape index (κ3) is 4.38. The fraction of sp³-hybridized carbons (Fsp3) is 0.818. The lowest BCUT2D eigenvalue weighted by Crippen LogP contribution is -2.51. The topological polar surface area (TPSA) is 69.6 Å². The minimum Gasteiger partial charge on any atom is -0.389 e. The van der Waals surface area contributed by atoms with Gasteiger partial charge in [-0.15, -0.1) is 0 Å². The van der Waals surface area contributed by atoms with Gasteiger partial charge in [0.05, 0.1) is 5.60 Å². The summed E-state index contributed by atoms with van der Waals surface area (Å²) in [5.74, 6) is -2.66. The van der Waals surface area contributed by atoms with Gasteiger partial charge in [-0.3, -0.25) is 9.59 Å². The van der Waals surface area contributed by atoms with Crippen LogP contribution in [0.4, 0.5) is 13.2 Å². The second kappa shape index (κ2) is 5.36. The second-order valence-electron chi connectivity index (χ2n) is 5.18. The molecule has 1 rings (SSSR count). The Balaban J connectivity index is 2.66. The molecule has 110 valence electrons. The lowest BCUT2D eigenvalue weighted by Gasteiger charge is -2.26. The number of nitrogens with one attached hydrogen (secondary N) is 1. The van der Waals surface area contributed by atoms with Gasteiger partial charge in [0.1, 0.15) is 6.04 Å². The molecule has 1 unspecified atom stereocenters. The highest BCUT2D eigenvalue weighted by atomic mass is 19.4. The van der Waals surface area contributed by atoms with Crippen LogP contribution in [-0.4, -0.2) is 52.7 Å². The molecule has 0 saturated carbocycles. The monoisotopic (exact) mass is 282 g/mol. The predicted octanol–water partition coefficient (Wildman–Crippen LogP) is 0.427. The zero-order valence-corrected chi connectivity index (χ0v) is 10.8. The number of carbonyl (C=O) groups excluding carboxylic acids is 2. The average molecular weight is 282 g/mol. The highest BCUT2D eigenvalue weighted by Gasteiger charge is 2.47. The van der Waals surface area contributed by atoms with Gasteiger partial charge in [-0.2, -0.15) is 13.2 Å². The number of carbonyl (C=O) groups is 2. The van der Waals surface area contributed by atoms with Crippen LogP contribution in [0.25, 0.3) is 0 Å². The minimum absolute atomic E-state index is 0.0844. The molecule has 2 amide bonds. The number of amides is 2. The molecule has 0 radical (unpaired) electrons. The van der Waals surface area contributed by atoms with E-state index in [9.17, 15) is 27.9 Å². The van der Waals surface area contributed by atoms with Crippen molar-refractivity contribution in [3.05, 3.63) is 0 Å². The van der Waals surface area contributed by atoms with Gasteiger partial charge in [0.2, 0.25) is 5.91 Å². The summed E-state index contributed by atoms with van der Waals surface area (Å²) >= 11 is 0. The van der Waals surface area contributed by atoms with Crippen LogP contribution in [0.5, 0.6) is 0 Å². The van der Waals surface area contributed by atoms with E-state index in [1.165, 1.54) is 13.8 Å². The van der Waals surface area contributed by atoms with Crippen molar-refractivity contribution >= 4 is 11.8 Å². The molecule has 1 saturated heterocycles. The lowest BCUT2D eigenvalue weighted by molar-refractivity contribution is -0.186. The van der Waals surface area contributed by atoms with Crippen LogP contribution in [0.15, 0.2) is 0 Å². The molecule has 2 N–H and O–H groups in total. The first-order valence-electron chi connectivity index (χ1n) is 5.90. The molecular formula is C11H17F3N2O3. The number of aliphatic hydroxyl groups is 1. The first kappa shape index (κ1) is 15.7. The van der Waals surface area contributed by atoms with E-state index in [2.05, 4.69) is 5.32 Å². The van der Waals surface area contributed by atoms with Crippen molar-refractivity contribution in [1.82, 2.24) is 10.2 Å². The summed E-state index contributed by atoms with van der Waals surface area (Å²) in [5, 5.41) is 11.8. The molecule has 1 atom stereocenters. The third-order valence-electron chi connectivity index (χ3n) is 2.75. The maximum atomic E-state index is 12.3. The van der Waals surface area contributed by atoms with Crippen molar-refractivity contribution in [1.29, 1.82) is 0 Å². The van der Waals surface area contributed by atoms with Gasteiger partial charge >= 0.3 is 12.1 Å². The van der Waals surface area contributed by atoms with Gasteiger partial charge in [-0.25, -0.2) is 0 Å². The molecule has 0 aromatic carbocycles. The summed E-state index contributed by atoms with van der Waals surface area (Å²) in [6.45, 7) is 2.75. The van der Waals surface area contributed by atoms with Gasteiger partial charge in [0, 0.05) is 13.1 Å². The van der Waals surface area contributed by atoms with Gasteiger partial charge in [-0.1, -0.05) is 0 Å². The number of nitrogens with zero attached hydrogens (tertiary/aromatic N) is 1. The van der Waals surface area contributed by atoms with E-state index >= 15 is 0 Å². The Morgan fingerprint density at radius 1 is 1.37 bits per heavy atom. The number of hydrogen-bond acceptors (Lipinski definition) is 3. The van der Waals surface area contributed by atoms with Gasteiger partial charge in [0.25, 0.3) is 0 Å². The molecule has 0 bridgehead atoms. The summed E-state index contributed by atoms with van der Waals surface area (Å²) in [7, 11) is 0. The summed E-state index contributed by atoms with van der Waals surface area (Å²) in [6, 6.07) is -1.11. The Hall–Kier alpha value is -1.31. The number of alkyl halides is 3. The van der Waals surface area contributed by atoms with Crippen LogP contribution >= 0.6 is 0 Å². The quantitative estimate of drug-likeness (QED) is 0.788. The van der Waals surface area contributed by atoms with E-state index < -0.39 is 29.6 Å². The van der Waals surface area contributed by atoms with Crippen LogP contribution in [0.1, 0.15) is 26.7 Å². The molecule has 1 heterocycles. The SMILES string of the molecule is CC(C)(O)CNC(=O)C1CCCN1C(=O)C(F)(F)F. The van der Waals surface area contributed by atoms with E-state index in [0.717, 1.165) is 0 Å². The fourth-order valence-corrected chi connectivity index (χ4v) is 1.87. The van der Waals surface area contributed by atoms with Crippen LogP contribution in [-0.2, 0) is 9.59 Å². The van der Waals surface area contributed by atoms with E-state index in [-0.39, 0.29) is 19.5 Å². The Morgan fingerprint density at radius 3 is 2.42 bits per heavy atom. The predicted molar refractivity (Wildman–Crippen MR) is 60.1 cm³/mol. The third-order valence-corrected chi connectivity index (χ3v) is 2.75. The Morgan fingerprint density at radius 2 is 1.95 bits per heavy atom. The van der Waals surface area contributed by atoms with Crippen LogP contribution in [0, 0.1) is 0 Å².